The van der Waals surface area contributed by atoms with Crippen LogP contribution in [0.1, 0.15) is 33.3 Å². The fraction of sp³-hybridized carbons (Fsp3) is 0.263. The summed E-state index contributed by atoms with van der Waals surface area (Å²) in [7, 11) is 3.22. The predicted molar refractivity (Wildman–Crippen MR) is 101 cm³/mol. The minimum absolute atomic E-state index is 0.0804. The molecule has 0 saturated heterocycles. The number of thiophene rings is 1. The molecule has 7 heteroatoms. The van der Waals surface area contributed by atoms with Gasteiger partial charge in [0.1, 0.15) is 11.5 Å². The van der Waals surface area contributed by atoms with E-state index < -0.39 is 17.0 Å². The summed E-state index contributed by atoms with van der Waals surface area (Å²) in [5.74, 6) is -1.23. The van der Waals surface area contributed by atoms with Crippen molar-refractivity contribution in [1.29, 1.82) is 0 Å². The zero-order valence-electron chi connectivity index (χ0n) is 15.0. The predicted octanol–water partition coefficient (Wildman–Crippen LogP) is 2.35. The number of hydrogen-bond acceptors (Lipinski definition) is 5. The van der Waals surface area contributed by atoms with E-state index in [4.69, 9.17) is 0 Å². The first kappa shape index (κ1) is 18.0. The van der Waals surface area contributed by atoms with Crippen molar-refractivity contribution >= 4 is 11.3 Å². The molecule has 0 fully saturated rings. The lowest BCUT2D eigenvalue weighted by Crippen LogP contribution is -2.30. The van der Waals surface area contributed by atoms with Gasteiger partial charge in [0.25, 0.3) is 11.1 Å². The van der Waals surface area contributed by atoms with E-state index in [1.165, 1.54) is 32.6 Å². The van der Waals surface area contributed by atoms with Crippen molar-refractivity contribution in [3.63, 3.8) is 0 Å². The molecule has 0 spiro atoms. The third-order valence-corrected chi connectivity index (χ3v) is 5.71. The lowest BCUT2D eigenvalue weighted by atomic mass is 9.89. The maximum atomic E-state index is 12.9. The Hall–Kier alpha value is -2.80. The molecule has 0 radical (unpaired) electrons. The first-order chi connectivity index (χ1) is 12.2. The Balaban J connectivity index is 2.44. The van der Waals surface area contributed by atoms with Gasteiger partial charge in [0.05, 0.1) is 17.0 Å². The van der Waals surface area contributed by atoms with Crippen LogP contribution in [0.5, 0.6) is 11.5 Å². The van der Waals surface area contributed by atoms with Crippen LogP contribution in [0.3, 0.4) is 0 Å². The fourth-order valence-corrected chi connectivity index (χ4v) is 3.92. The van der Waals surface area contributed by atoms with Crippen molar-refractivity contribution in [2.45, 2.75) is 19.8 Å². The molecule has 0 aliphatic heterocycles. The summed E-state index contributed by atoms with van der Waals surface area (Å²) in [5.41, 5.74) is 0.559. The highest BCUT2D eigenvalue weighted by Crippen LogP contribution is 2.39. The average Bonchev–Trinajstić information content (AvgIpc) is 3.10. The van der Waals surface area contributed by atoms with Crippen LogP contribution in [-0.4, -0.2) is 19.3 Å². The van der Waals surface area contributed by atoms with Crippen LogP contribution in [0.25, 0.3) is 0 Å². The van der Waals surface area contributed by atoms with Gasteiger partial charge >= 0.3 is 0 Å². The molecule has 0 aliphatic rings. The number of aromatic nitrogens is 2. The third kappa shape index (κ3) is 2.74. The highest BCUT2D eigenvalue weighted by atomic mass is 32.1. The van der Waals surface area contributed by atoms with Gasteiger partial charge in [0.15, 0.2) is 0 Å². The maximum Gasteiger partial charge on any atom is 0.258 e. The summed E-state index contributed by atoms with van der Waals surface area (Å²) in [6, 6.07) is 6.57. The van der Waals surface area contributed by atoms with Gasteiger partial charge in [-0.15, -0.1) is 11.3 Å². The largest absolute Gasteiger partial charge is 0.507 e. The molecule has 0 aromatic carbocycles. The lowest BCUT2D eigenvalue weighted by Gasteiger charge is -2.20. The number of pyridine rings is 2. The van der Waals surface area contributed by atoms with Gasteiger partial charge in [0.2, 0.25) is 0 Å². The van der Waals surface area contributed by atoms with Gasteiger partial charge in [-0.25, -0.2) is 0 Å². The van der Waals surface area contributed by atoms with Gasteiger partial charge in [-0.3, -0.25) is 9.59 Å². The lowest BCUT2D eigenvalue weighted by molar-refractivity contribution is 0.451. The second kappa shape index (κ2) is 6.49. The molecule has 2 N–H and O–H groups in total. The Morgan fingerprint density at radius 2 is 1.38 bits per heavy atom. The van der Waals surface area contributed by atoms with Crippen LogP contribution in [0.2, 0.25) is 0 Å². The minimum atomic E-state index is -0.853. The molecule has 3 heterocycles. The van der Waals surface area contributed by atoms with E-state index in [9.17, 15) is 19.8 Å². The molecule has 0 bridgehead atoms. The number of aryl methyl sites for hydroxylation is 2. The summed E-state index contributed by atoms with van der Waals surface area (Å²) >= 11 is 1.36. The molecule has 0 aliphatic carbocycles. The average molecular weight is 372 g/mol. The van der Waals surface area contributed by atoms with E-state index in [0.717, 1.165) is 0 Å². The van der Waals surface area contributed by atoms with Crippen LogP contribution in [0.4, 0.5) is 0 Å². The quantitative estimate of drug-likeness (QED) is 0.739. The van der Waals surface area contributed by atoms with Gasteiger partial charge < -0.3 is 19.3 Å². The number of aromatic hydroxyl groups is 2. The van der Waals surface area contributed by atoms with E-state index in [-0.39, 0.29) is 22.6 Å². The fourth-order valence-electron chi connectivity index (χ4n) is 3.07. The molecule has 26 heavy (non-hydrogen) atoms. The van der Waals surface area contributed by atoms with Crippen LogP contribution >= 0.6 is 11.3 Å². The number of nitrogens with zero attached hydrogens (tertiary/aromatic N) is 2. The molecule has 6 nitrogen and oxygen atoms in total. The second-order valence-corrected chi connectivity index (χ2v) is 7.33. The van der Waals surface area contributed by atoms with E-state index >= 15 is 0 Å². The molecule has 3 rings (SSSR count). The van der Waals surface area contributed by atoms with E-state index in [1.54, 1.807) is 40.1 Å². The van der Waals surface area contributed by atoms with E-state index in [0.29, 0.717) is 16.3 Å². The van der Waals surface area contributed by atoms with Crippen molar-refractivity contribution < 1.29 is 10.2 Å². The molecule has 0 unspecified atom stereocenters. The van der Waals surface area contributed by atoms with Gasteiger partial charge in [-0.05, 0) is 37.4 Å². The summed E-state index contributed by atoms with van der Waals surface area (Å²) in [4.78, 5) is 26.5. The van der Waals surface area contributed by atoms with E-state index in [1.807, 2.05) is 5.38 Å². The van der Waals surface area contributed by atoms with Crippen molar-refractivity contribution in [2.24, 2.45) is 14.1 Å². The van der Waals surface area contributed by atoms with Crippen molar-refractivity contribution in [2.75, 3.05) is 0 Å². The van der Waals surface area contributed by atoms with Gasteiger partial charge in [-0.1, -0.05) is 6.07 Å². The number of rotatable bonds is 3. The molecular formula is C19H20N2O4S. The Morgan fingerprint density at radius 1 is 0.923 bits per heavy atom. The first-order valence-corrected chi connectivity index (χ1v) is 8.94. The summed E-state index contributed by atoms with van der Waals surface area (Å²) < 4.78 is 2.84. The summed E-state index contributed by atoms with van der Waals surface area (Å²) in [5, 5.41) is 22.9. The van der Waals surface area contributed by atoms with Crippen LogP contribution in [-0.2, 0) is 14.1 Å². The Labute approximate surface area is 154 Å². The molecule has 3 aromatic rings. The van der Waals surface area contributed by atoms with Gasteiger partial charge in [-0.2, -0.15) is 0 Å². The van der Waals surface area contributed by atoms with Crippen LogP contribution in [0, 0.1) is 13.8 Å². The Morgan fingerprint density at radius 3 is 1.77 bits per heavy atom. The second-order valence-electron chi connectivity index (χ2n) is 6.35. The number of hydrogen-bond donors (Lipinski definition) is 2. The zero-order valence-corrected chi connectivity index (χ0v) is 15.8. The van der Waals surface area contributed by atoms with Crippen molar-refractivity contribution in [1.82, 2.24) is 9.13 Å². The highest BCUT2D eigenvalue weighted by Gasteiger charge is 2.30. The van der Waals surface area contributed by atoms with Gasteiger partial charge in [0, 0.05) is 30.4 Å². The summed E-state index contributed by atoms with van der Waals surface area (Å²) in [6.07, 6.45) is 0. The van der Waals surface area contributed by atoms with E-state index in [2.05, 4.69) is 0 Å². The van der Waals surface area contributed by atoms with Crippen molar-refractivity contribution in [3.8, 4) is 11.5 Å². The minimum Gasteiger partial charge on any atom is -0.507 e. The molecule has 136 valence electrons. The zero-order chi connectivity index (χ0) is 19.2. The molecule has 0 atom stereocenters. The Bertz CT molecular complexity index is 1020. The smallest absolute Gasteiger partial charge is 0.258 e. The molecular weight excluding hydrogens is 352 g/mol. The van der Waals surface area contributed by atoms with Crippen LogP contribution < -0.4 is 11.1 Å². The third-order valence-electron chi connectivity index (χ3n) is 4.78. The monoisotopic (exact) mass is 372 g/mol. The first-order valence-electron chi connectivity index (χ1n) is 8.06. The normalized spacial score (nSPS) is 11.3. The molecule has 0 saturated carbocycles. The SMILES string of the molecule is Cc1cc(O)c(C(c2cccs2)c2c(O)cc(C)n(C)c2=O)c(=O)n1C. The molecule has 0 amide bonds. The van der Waals surface area contributed by atoms with Crippen molar-refractivity contribution in [3.05, 3.63) is 77.7 Å². The Kier molecular flexibility index (Phi) is 4.50. The van der Waals surface area contributed by atoms with Crippen LogP contribution in [0.15, 0.2) is 39.2 Å². The maximum absolute atomic E-state index is 12.9. The topological polar surface area (TPSA) is 84.5 Å². The highest BCUT2D eigenvalue weighted by molar-refractivity contribution is 7.10. The summed E-state index contributed by atoms with van der Waals surface area (Å²) in [6.45, 7) is 3.43. The molecule has 3 aromatic heterocycles. The standard InChI is InChI=1S/C19H20N2O4S/c1-10-8-12(22)15(18(24)20(10)3)17(14-6-5-7-26-14)16-13(23)9-11(2)21(4)19(16)25/h5-9,17,22-23H,1-4H3.